The van der Waals surface area contributed by atoms with Crippen LogP contribution in [0.5, 0.6) is 5.75 Å². The van der Waals surface area contributed by atoms with Crippen LogP contribution in [-0.4, -0.2) is 28.6 Å². The van der Waals surface area contributed by atoms with Crippen molar-refractivity contribution < 1.29 is 18.7 Å². The molecule has 162 valence electrons. The maximum atomic E-state index is 13.7. The van der Waals surface area contributed by atoms with E-state index in [-0.39, 0.29) is 23.6 Å². The molecule has 2 N–H and O–H groups in total. The topological polar surface area (TPSA) is 93.2 Å². The van der Waals surface area contributed by atoms with Gasteiger partial charge in [-0.3, -0.25) is 14.9 Å². The molecule has 0 fully saturated rings. The van der Waals surface area contributed by atoms with E-state index in [1.165, 1.54) is 29.5 Å². The van der Waals surface area contributed by atoms with E-state index in [1.807, 2.05) is 0 Å². The number of carbonyl (C=O) groups excluding carboxylic acids is 2. The summed E-state index contributed by atoms with van der Waals surface area (Å²) in [6.45, 7) is 3.80. The zero-order valence-corrected chi connectivity index (χ0v) is 18.0. The number of nitrogens with zero attached hydrogens (tertiary/aromatic N) is 2. The van der Waals surface area contributed by atoms with Gasteiger partial charge in [0.25, 0.3) is 11.8 Å². The van der Waals surface area contributed by atoms with E-state index in [0.717, 1.165) is 17.8 Å². The van der Waals surface area contributed by atoms with Crippen LogP contribution in [0.3, 0.4) is 0 Å². The SMILES string of the molecule is CCC(CC)c1nnc(NC(=O)c2ccccc2OCC(=O)Nc2ccccc2F)s1. The predicted molar refractivity (Wildman–Crippen MR) is 118 cm³/mol. The van der Waals surface area contributed by atoms with Gasteiger partial charge in [0.2, 0.25) is 5.13 Å². The molecule has 9 heteroatoms. The van der Waals surface area contributed by atoms with E-state index < -0.39 is 17.6 Å². The van der Waals surface area contributed by atoms with Gasteiger partial charge < -0.3 is 10.1 Å². The third-order valence-corrected chi connectivity index (χ3v) is 5.64. The van der Waals surface area contributed by atoms with Gasteiger partial charge in [-0.1, -0.05) is 49.4 Å². The number of carbonyl (C=O) groups is 2. The van der Waals surface area contributed by atoms with E-state index >= 15 is 0 Å². The van der Waals surface area contributed by atoms with Gasteiger partial charge in [0.05, 0.1) is 11.3 Å². The predicted octanol–water partition coefficient (Wildman–Crippen LogP) is 4.85. The van der Waals surface area contributed by atoms with E-state index in [2.05, 4.69) is 34.7 Å². The molecule has 3 rings (SSSR count). The van der Waals surface area contributed by atoms with Gasteiger partial charge in [0, 0.05) is 5.92 Å². The van der Waals surface area contributed by atoms with Gasteiger partial charge in [0.1, 0.15) is 16.6 Å². The van der Waals surface area contributed by atoms with Crippen molar-refractivity contribution in [2.75, 3.05) is 17.2 Å². The monoisotopic (exact) mass is 442 g/mol. The molecular weight excluding hydrogens is 419 g/mol. The molecule has 0 aliphatic heterocycles. The Hall–Kier alpha value is -3.33. The van der Waals surface area contributed by atoms with Crippen LogP contribution in [0, 0.1) is 5.82 Å². The summed E-state index contributed by atoms with van der Waals surface area (Å²) < 4.78 is 19.2. The molecule has 0 spiro atoms. The largest absolute Gasteiger partial charge is 0.483 e. The Morgan fingerprint density at radius 1 is 1.03 bits per heavy atom. The fourth-order valence-corrected chi connectivity index (χ4v) is 3.93. The van der Waals surface area contributed by atoms with Crippen LogP contribution in [0.1, 0.15) is 48.0 Å². The van der Waals surface area contributed by atoms with E-state index in [9.17, 15) is 14.0 Å². The molecule has 0 aliphatic rings. The van der Waals surface area contributed by atoms with E-state index in [0.29, 0.717) is 11.0 Å². The zero-order valence-electron chi connectivity index (χ0n) is 17.2. The molecule has 1 aromatic heterocycles. The number of nitrogens with one attached hydrogen (secondary N) is 2. The Balaban J connectivity index is 1.64. The average molecular weight is 443 g/mol. The van der Waals surface area contributed by atoms with E-state index in [1.54, 1.807) is 30.3 Å². The molecule has 0 atom stereocenters. The summed E-state index contributed by atoms with van der Waals surface area (Å²) in [6, 6.07) is 12.4. The summed E-state index contributed by atoms with van der Waals surface area (Å²) in [4.78, 5) is 24.8. The summed E-state index contributed by atoms with van der Waals surface area (Å²) in [5.41, 5.74) is 0.312. The summed E-state index contributed by atoms with van der Waals surface area (Å²) >= 11 is 1.35. The highest BCUT2D eigenvalue weighted by Crippen LogP contribution is 2.29. The standard InChI is InChI=1S/C22H23FN4O3S/c1-3-14(4-2)21-26-27-22(31-21)25-20(29)15-9-5-8-12-18(15)30-13-19(28)24-17-11-7-6-10-16(17)23/h5-12,14H,3-4,13H2,1-2H3,(H,24,28)(H,25,27,29). The Bertz CT molecular complexity index is 1050. The number of amides is 2. The van der Waals surface area contributed by atoms with Gasteiger partial charge in [0.15, 0.2) is 6.61 Å². The fraction of sp³-hybridized carbons (Fsp3) is 0.273. The molecule has 1 heterocycles. The molecule has 3 aromatic rings. The number of halogens is 1. The highest BCUT2D eigenvalue weighted by Gasteiger charge is 2.18. The van der Waals surface area contributed by atoms with Crippen molar-refractivity contribution >= 4 is 34.0 Å². The van der Waals surface area contributed by atoms with Crippen LogP contribution in [0.15, 0.2) is 48.5 Å². The maximum Gasteiger partial charge on any atom is 0.262 e. The molecule has 0 unspecified atom stereocenters. The molecule has 7 nitrogen and oxygen atoms in total. The van der Waals surface area contributed by atoms with Crippen LogP contribution >= 0.6 is 11.3 Å². The van der Waals surface area contributed by atoms with Crippen LogP contribution in [0.2, 0.25) is 0 Å². The Morgan fingerprint density at radius 3 is 2.48 bits per heavy atom. The highest BCUT2D eigenvalue weighted by atomic mass is 32.1. The minimum Gasteiger partial charge on any atom is -0.483 e. The van der Waals surface area contributed by atoms with Crippen molar-refractivity contribution in [3.63, 3.8) is 0 Å². The Kier molecular flexibility index (Phi) is 7.66. The lowest BCUT2D eigenvalue weighted by Gasteiger charge is -2.11. The third-order valence-electron chi connectivity index (χ3n) is 4.63. The summed E-state index contributed by atoms with van der Waals surface area (Å²) in [6.07, 6.45) is 1.90. The van der Waals surface area contributed by atoms with Crippen LogP contribution in [-0.2, 0) is 4.79 Å². The highest BCUT2D eigenvalue weighted by molar-refractivity contribution is 7.15. The van der Waals surface area contributed by atoms with E-state index in [4.69, 9.17) is 4.74 Å². The number of hydrogen-bond acceptors (Lipinski definition) is 6. The van der Waals surface area contributed by atoms with Crippen molar-refractivity contribution in [2.45, 2.75) is 32.6 Å². The molecular formula is C22H23FN4O3S. The minimum absolute atomic E-state index is 0.0617. The number of aromatic nitrogens is 2. The normalized spacial score (nSPS) is 10.7. The lowest BCUT2D eigenvalue weighted by Crippen LogP contribution is -2.22. The first kappa shape index (κ1) is 22.4. The fourth-order valence-electron chi connectivity index (χ4n) is 2.92. The van der Waals surface area contributed by atoms with Gasteiger partial charge in [-0.15, -0.1) is 10.2 Å². The van der Waals surface area contributed by atoms with Crippen molar-refractivity contribution in [1.29, 1.82) is 0 Å². The lowest BCUT2D eigenvalue weighted by molar-refractivity contribution is -0.118. The Labute approximate surface area is 183 Å². The van der Waals surface area contributed by atoms with Crippen molar-refractivity contribution in [3.05, 3.63) is 64.9 Å². The quantitative estimate of drug-likeness (QED) is 0.494. The minimum atomic E-state index is -0.542. The Morgan fingerprint density at radius 2 is 1.74 bits per heavy atom. The molecule has 0 aliphatic carbocycles. The van der Waals surface area contributed by atoms with Gasteiger partial charge in [-0.25, -0.2) is 4.39 Å². The molecule has 0 radical (unpaired) electrons. The molecule has 2 aromatic carbocycles. The average Bonchev–Trinajstić information content (AvgIpc) is 3.23. The number of hydrogen-bond donors (Lipinski definition) is 2. The number of benzene rings is 2. The van der Waals surface area contributed by atoms with Gasteiger partial charge in [-0.2, -0.15) is 0 Å². The molecule has 2 amide bonds. The number of anilines is 2. The third kappa shape index (κ3) is 5.85. The number of para-hydroxylation sites is 2. The maximum absolute atomic E-state index is 13.7. The second-order valence-electron chi connectivity index (χ2n) is 6.73. The first-order chi connectivity index (χ1) is 15.0. The molecule has 0 bridgehead atoms. The van der Waals surface area contributed by atoms with Crippen LogP contribution in [0.25, 0.3) is 0 Å². The van der Waals surface area contributed by atoms with Crippen LogP contribution in [0.4, 0.5) is 15.2 Å². The van der Waals surface area contributed by atoms with Crippen LogP contribution < -0.4 is 15.4 Å². The van der Waals surface area contributed by atoms with Crippen molar-refractivity contribution in [2.24, 2.45) is 0 Å². The van der Waals surface area contributed by atoms with Crippen molar-refractivity contribution in [1.82, 2.24) is 10.2 Å². The number of ether oxygens (including phenoxy) is 1. The second-order valence-corrected chi connectivity index (χ2v) is 7.73. The van der Waals surface area contributed by atoms with Gasteiger partial charge in [-0.05, 0) is 37.1 Å². The molecule has 0 saturated heterocycles. The zero-order chi connectivity index (χ0) is 22.2. The van der Waals surface area contributed by atoms with Crippen molar-refractivity contribution in [3.8, 4) is 5.75 Å². The number of rotatable bonds is 9. The molecule has 31 heavy (non-hydrogen) atoms. The summed E-state index contributed by atoms with van der Waals surface area (Å²) in [7, 11) is 0. The first-order valence-electron chi connectivity index (χ1n) is 9.92. The second kappa shape index (κ2) is 10.6. The van der Waals surface area contributed by atoms with Gasteiger partial charge >= 0.3 is 0 Å². The first-order valence-corrected chi connectivity index (χ1v) is 10.7. The summed E-state index contributed by atoms with van der Waals surface area (Å²) in [5.74, 6) is -0.961. The summed E-state index contributed by atoms with van der Waals surface area (Å²) in [5, 5.41) is 14.7. The smallest absolute Gasteiger partial charge is 0.262 e. The molecule has 0 saturated carbocycles. The lowest BCUT2D eigenvalue weighted by atomic mass is 10.1.